The monoisotopic (exact) mass is 320 g/mol. The average molecular weight is 321 g/mol. The van der Waals surface area contributed by atoms with Crippen LogP contribution in [0.5, 0.6) is 0 Å². The third-order valence-corrected chi connectivity index (χ3v) is 6.32. The van der Waals surface area contributed by atoms with Crippen LogP contribution in [0.2, 0.25) is 0 Å². The molecule has 3 N–H and O–H groups in total. The van der Waals surface area contributed by atoms with Crippen molar-refractivity contribution in [3.05, 3.63) is 0 Å². The Hall–Kier alpha value is 0.0169. The summed E-state index contributed by atoms with van der Waals surface area (Å²) in [7, 11) is 0.341. The normalized spacial score (nSPS) is 16.7. The highest BCUT2D eigenvalue weighted by atomic mass is 28.4. The molecule has 0 aromatic carbocycles. The molecular formula is C15H36N2O3Si. The summed E-state index contributed by atoms with van der Waals surface area (Å²) in [6, 6.07) is 0. The Morgan fingerprint density at radius 3 is 2.05 bits per heavy atom. The molecule has 5 nitrogen and oxygen atoms in total. The predicted octanol–water partition coefficient (Wildman–Crippen LogP) is 3.01. The lowest BCUT2D eigenvalue weighted by atomic mass is 9.86. The van der Waals surface area contributed by atoms with Gasteiger partial charge in [0.1, 0.15) is 5.72 Å². The van der Waals surface area contributed by atoms with Gasteiger partial charge in [0.25, 0.3) is 0 Å². The van der Waals surface area contributed by atoms with Crippen LogP contribution in [0.4, 0.5) is 0 Å². The molecule has 0 aliphatic carbocycles. The van der Waals surface area contributed by atoms with Crippen molar-refractivity contribution in [2.75, 3.05) is 20.8 Å². The molecule has 0 aliphatic rings. The molecule has 0 saturated carbocycles. The Morgan fingerprint density at radius 1 is 1.05 bits per heavy atom. The smallest absolute Gasteiger partial charge is 0.364 e. The lowest BCUT2D eigenvalue weighted by molar-refractivity contribution is -0.0671. The summed E-state index contributed by atoms with van der Waals surface area (Å²) in [6.45, 7) is 9.38. The molecule has 6 heteroatoms. The summed E-state index contributed by atoms with van der Waals surface area (Å²) in [4.78, 5) is 3.31. The van der Waals surface area contributed by atoms with Gasteiger partial charge < -0.3 is 19.0 Å². The second-order valence-electron chi connectivity index (χ2n) is 5.59. The highest BCUT2D eigenvalue weighted by Gasteiger charge is 2.48. The maximum atomic E-state index is 6.67. The van der Waals surface area contributed by atoms with E-state index in [9.17, 15) is 0 Å². The SMILES string of the molecule is CCCN[Si](OC)(OC)OC(N)(CCC)C(CC)CCC. The molecular weight excluding hydrogens is 284 g/mol. The predicted molar refractivity (Wildman–Crippen MR) is 89.7 cm³/mol. The summed E-state index contributed by atoms with van der Waals surface area (Å²) in [5, 5.41) is 0. The molecule has 0 aliphatic heterocycles. The van der Waals surface area contributed by atoms with E-state index in [0.29, 0.717) is 5.92 Å². The molecule has 0 saturated heterocycles. The minimum atomic E-state index is -2.92. The number of hydrogen-bond donors (Lipinski definition) is 2. The maximum Gasteiger partial charge on any atom is 0.597 e. The Balaban J connectivity index is 5.22. The fourth-order valence-electron chi connectivity index (χ4n) is 2.75. The lowest BCUT2D eigenvalue weighted by Crippen LogP contribution is -2.66. The van der Waals surface area contributed by atoms with Crippen molar-refractivity contribution in [1.29, 1.82) is 0 Å². The summed E-state index contributed by atoms with van der Waals surface area (Å²) < 4.78 is 17.5. The summed E-state index contributed by atoms with van der Waals surface area (Å²) in [6.07, 6.45) is 5.92. The second-order valence-corrected chi connectivity index (χ2v) is 8.08. The quantitative estimate of drug-likeness (QED) is 0.403. The van der Waals surface area contributed by atoms with Crippen LogP contribution in [0.25, 0.3) is 0 Å². The lowest BCUT2D eigenvalue weighted by Gasteiger charge is -2.42. The van der Waals surface area contributed by atoms with E-state index in [1.165, 1.54) is 0 Å². The summed E-state index contributed by atoms with van der Waals surface area (Å²) in [5.74, 6) is 0.308. The number of hydrogen-bond acceptors (Lipinski definition) is 5. The first-order valence-electron chi connectivity index (χ1n) is 8.31. The molecule has 0 fully saturated rings. The van der Waals surface area contributed by atoms with Crippen LogP contribution in [-0.4, -0.2) is 35.5 Å². The Bertz CT molecular complexity index is 265. The highest BCUT2D eigenvalue weighted by molar-refractivity contribution is 6.57. The first-order valence-corrected chi connectivity index (χ1v) is 10.0. The van der Waals surface area contributed by atoms with Gasteiger partial charge in [0, 0.05) is 20.1 Å². The van der Waals surface area contributed by atoms with Gasteiger partial charge in [-0.15, -0.1) is 0 Å². The van der Waals surface area contributed by atoms with Gasteiger partial charge in [0.2, 0.25) is 0 Å². The third-order valence-electron chi connectivity index (χ3n) is 3.92. The standard InChI is InChI=1S/C15H36N2O3Si/c1-7-11-14(10-4)15(16,12-8-2)20-21(18-5,19-6)17-13-9-3/h14,17H,7-13,16H2,1-6H3. The van der Waals surface area contributed by atoms with Crippen molar-refractivity contribution >= 4 is 8.97 Å². The van der Waals surface area contributed by atoms with Crippen LogP contribution in [0, 0.1) is 5.92 Å². The van der Waals surface area contributed by atoms with Crippen molar-refractivity contribution in [3.63, 3.8) is 0 Å². The van der Waals surface area contributed by atoms with E-state index in [0.717, 1.165) is 45.1 Å². The number of nitrogens with two attached hydrogens (primary N) is 1. The molecule has 0 bridgehead atoms. The van der Waals surface area contributed by atoms with Gasteiger partial charge >= 0.3 is 8.97 Å². The van der Waals surface area contributed by atoms with Crippen LogP contribution in [0.3, 0.4) is 0 Å². The first kappa shape index (κ1) is 21.0. The minimum absolute atomic E-state index is 0.308. The maximum absolute atomic E-state index is 6.67. The van der Waals surface area contributed by atoms with Crippen LogP contribution < -0.4 is 10.7 Å². The molecule has 0 amide bonds. The van der Waals surface area contributed by atoms with Gasteiger partial charge in [-0.25, -0.2) is 0 Å². The average Bonchev–Trinajstić information content (AvgIpc) is 2.49. The first-order chi connectivity index (χ1) is 9.97. The molecule has 0 aromatic rings. The molecule has 0 heterocycles. The van der Waals surface area contributed by atoms with E-state index < -0.39 is 14.7 Å². The fraction of sp³-hybridized carbons (Fsp3) is 1.00. The fourth-order valence-corrected chi connectivity index (χ4v) is 4.77. The van der Waals surface area contributed by atoms with E-state index in [4.69, 9.17) is 19.0 Å². The van der Waals surface area contributed by atoms with Gasteiger partial charge in [-0.2, -0.15) is 0 Å². The minimum Gasteiger partial charge on any atom is -0.364 e. The third kappa shape index (κ3) is 6.34. The van der Waals surface area contributed by atoms with Gasteiger partial charge in [0.15, 0.2) is 0 Å². The van der Waals surface area contributed by atoms with E-state index in [1.54, 1.807) is 14.2 Å². The van der Waals surface area contributed by atoms with Crippen molar-refractivity contribution in [2.45, 2.75) is 71.9 Å². The highest BCUT2D eigenvalue weighted by Crippen LogP contribution is 2.31. The van der Waals surface area contributed by atoms with E-state index in [1.807, 2.05) is 0 Å². The van der Waals surface area contributed by atoms with Gasteiger partial charge in [-0.05, 0) is 32.2 Å². The molecule has 0 rings (SSSR count). The van der Waals surface area contributed by atoms with Crippen molar-refractivity contribution in [2.24, 2.45) is 11.7 Å². The summed E-state index contributed by atoms with van der Waals surface area (Å²) in [5.41, 5.74) is 5.97. The molecule has 21 heavy (non-hydrogen) atoms. The van der Waals surface area contributed by atoms with E-state index >= 15 is 0 Å². The topological polar surface area (TPSA) is 65.7 Å². The van der Waals surface area contributed by atoms with Crippen LogP contribution in [0.15, 0.2) is 0 Å². The Morgan fingerprint density at radius 2 is 1.67 bits per heavy atom. The molecule has 128 valence electrons. The molecule has 0 spiro atoms. The zero-order chi connectivity index (χ0) is 16.4. The molecule has 2 unspecified atom stereocenters. The zero-order valence-electron chi connectivity index (χ0n) is 14.8. The molecule has 0 aromatic heterocycles. The van der Waals surface area contributed by atoms with Gasteiger partial charge in [0.05, 0.1) is 0 Å². The molecule has 2 atom stereocenters. The van der Waals surface area contributed by atoms with E-state index in [-0.39, 0.29) is 0 Å². The Kier molecular flexibility index (Phi) is 10.7. The van der Waals surface area contributed by atoms with Gasteiger partial charge in [-0.1, -0.05) is 40.5 Å². The van der Waals surface area contributed by atoms with E-state index in [2.05, 4.69) is 32.7 Å². The number of rotatable bonds is 13. The van der Waals surface area contributed by atoms with Crippen molar-refractivity contribution in [3.8, 4) is 0 Å². The van der Waals surface area contributed by atoms with Crippen LogP contribution in [-0.2, 0) is 13.3 Å². The zero-order valence-corrected chi connectivity index (χ0v) is 15.8. The van der Waals surface area contributed by atoms with Crippen molar-refractivity contribution in [1.82, 2.24) is 4.98 Å². The number of nitrogens with one attached hydrogen (secondary N) is 1. The van der Waals surface area contributed by atoms with Gasteiger partial charge in [-0.3, -0.25) is 4.98 Å². The van der Waals surface area contributed by atoms with Crippen LogP contribution >= 0.6 is 0 Å². The van der Waals surface area contributed by atoms with Crippen LogP contribution in [0.1, 0.15) is 66.2 Å². The second kappa shape index (κ2) is 10.7. The van der Waals surface area contributed by atoms with Crippen molar-refractivity contribution < 1.29 is 13.3 Å². The molecule has 0 radical (unpaired) electrons. The Labute approximate surface area is 132 Å². The largest absolute Gasteiger partial charge is 0.597 e. The summed E-state index contributed by atoms with van der Waals surface area (Å²) >= 11 is 0.